The zero-order chi connectivity index (χ0) is 11.4. The van der Waals surface area contributed by atoms with Gasteiger partial charge >= 0.3 is 0 Å². The first-order valence-corrected chi connectivity index (χ1v) is 5.42. The van der Waals surface area contributed by atoms with Crippen molar-refractivity contribution in [1.82, 2.24) is 5.32 Å². The molecule has 3 nitrogen and oxygen atoms in total. The number of hydrogen-bond acceptors (Lipinski definition) is 2. The van der Waals surface area contributed by atoms with E-state index in [2.05, 4.69) is 11.4 Å². The second kappa shape index (κ2) is 4.84. The van der Waals surface area contributed by atoms with Crippen LogP contribution in [-0.4, -0.2) is 19.1 Å². The summed E-state index contributed by atoms with van der Waals surface area (Å²) >= 11 is 0. The number of hydrogen-bond donors (Lipinski definition) is 1. The minimum atomic E-state index is -0.00740. The van der Waals surface area contributed by atoms with Gasteiger partial charge in [-0.25, -0.2) is 0 Å². The van der Waals surface area contributed by atoms with Crippen LogP contribution in [0.2, 0.25) is 0 Å². The zero-order valence-electron chi connectivity index (χ0n) is 9.32. The lowest BCUT2D eigenvalue weighted by molar-refractivity contribution is -0.118. The average molecular weight is 217 g/mol. The quantitative estimate of drug-likeness (QED) is 0.838. The van der Waals surface area contributed by atoms with Crippen LogP contribution in [0.15, 0.2) is 24.3 Å². The molecule has 84 valence electrons. The largest absolute Gasteiger partial charge is 0.493 e. The molecule has 1 aliphatic rings. The third kappa shape index (κ3) is 2.63. The van der Waals surface area contributed by atoms with Crippen molar-refractivity contribution >= 4 is 12.0 Å². The second-order valence-electron chi connectivity index (χ2n) is 3.81. The molecule has 1 N–H and O–H groups in total. The third-order valence-electron chi connectivity index (χ3n) is 2.49. The lowest BCUT2D eigenvalue weighted by Gasteiger charge is -2.00. The first-order valence-electron chi connectivity index (χ1n) is 5.42. The molecular weight excluding hydrogens is 202 g/mol. The number of ether oxygens (including phenoxy) is 1. The molecule has 1 amide bonds. The maximum absolute atomic E-state index is 10.6. The van der Waals surface area contributed by atoms with E-state index in [4.69, 9.17) is 4.74 Å². The van der Waals surface area contributed by atoms with Crippen molar-refractivity contribution in [2.45, 2.75) is 13.3 Å². The molecule has 0 atom stereocenters. The molecule has 0 saturated carbocycles. The van der Waals surface area contributed by atoms with E-state index >= 15 is 0 Å². The zero-order valence-corrected chi connectivity index (χ0v) is 9.32. The maximum atomic E-state index is 10.6. The molecule has 0 unspecified atom stereocenters. The van der Waals surface area contributed by atoms with E-state index in [0.717, 1.165) is 24.3 Å². The highest BCUT2D eigenvalue weighted by atomic mass is 16.5. The Hall–Kier alpha value is -1.77. The predicted octanol–water partition coefficient (Wildman–Crippen LogP) is 1.77. The Morgan fingerprint density at radius 2 is 2.44 bits per heavy atom. The standard InChI is InChI=1S/C13H15NO2/c1-10(15)14-7-2-3-11-4-5-13-12(9-11)6-8-16-13/h2-5,9H,6-8H2,1H3,(H,14,15). The van der Waals surface area contributed by atoms with Crippen LogP contribution in [0.25, 0.3) is 6.08 Å². The highest BCUT2D eigenvalue weighted by Crippen LogP contribution is 2.26. The fourth-order valence-corrected chi connectivity index (χ4v) is 1.71. The highest BCUT2D eigenvalue weighted by molar-refractivity contribution is 5.73. The average Bonchev–Trinajstić information content (AvgIpc) is 2.71. The van der Waals surface area contributed by atoms with Gasteiger partial charge in [0.05, 0.1) is 6.61 Å². The summed E-state index contributed by atoms with van der Waals surface area (Å²) in [6.45, 7) is 2.87. The Morgan fingerprint density at radius 3 is 3.25 bits per heavy atom. The van der Waals surface area contributed by atoms with Gasteiger partial charge in [0.15, 0.2) is 0 Å². The van der Waals surface area contributed by atoms with E-state index in [1.54, 1.807) is 0 Å². The van der Waals surface area contributed by atoms with Crippen molar-refractivity contribution in [3.63, 3.8) is 0 Å². The van der Waals surface area contributed by atoms with E-state index in [1.165, 1.54) is 12.5 Å². The van der Waals surface area contributed by atoms with Gasteiger partial charge in [-0.05, 0) is 23.3 Å². The van der Waals surface area contributed by atoms with Crippen LogP contribution in [0.3, 0.4) is 0 Å². The molecule has 0 aromatic heterocycles. The molecule has 3 heteroatoms. The van der Waals surface area contributed by atoms with Crippen molar-refractivity contribution in [3.05, 3.63) is 35.4 Å². The lowest BCUT2D eigenvalue weighted by atomic mass is 10.1. The first-order chi connectivity index (χ1) is 7.75. The summed E-state index contributed by atoms with van der Waals surface area (Å²) < 4.78 is 5.43. The Balaban J connectivity index is 1.97. The monoisotopic (exact) mass is 217 g/mol. The van der Waals surface area contributed by atoms with Crippen molar-refractivity contribution < 1.29 is 9.53 Å². The molecule has 1 aromatic rings. The minimum absolute atomic E-state index is 0.00740. The second-order valence-corrected chi connectivity index (χ2v) is 3.81. The summed E-state index contributed by atoms with van der Waals surface area (Å²) in [4.78, 5) is 10.6. The van der Waals surface area contributed by atoms with Crippen molar-refractivity contribution in [2.75, 3.05) is 13.2 Å². The molecular formula is C13H15NO2. The molecule has 0 bridgehead atoms. The Labute approximate surface area is 95.1 Å². The number of rotatable bonds is 3. The fraction of sp³-hybridized carbons (Fsp3) is 0.308. The smallest absolute Gasteiger partial charge is 0.217 e. The highest BCUT2D eigenvalue weighted by Gasteiger charge is 2.10. The summed E-state index contributed by atoms with van der Waals surface area (Å²) in [5, 5.41) is 2.72. The molecule has 2 rings (SSSR count). The molecule has 0 fully saturated rings. The minimum Gasteiger partial charge on any atom is -0.493 e. The molecule has 1 aliphatic heterocycles. The number of amides is 1. The van der Waals surface area contributed by atoms with Crippen LogP contribution in [0.4, 0.5) is 0 Å². The van der Waals surface area contributed by atoms with Crippen LogP contribution < -0.4 is 10.1 Å². The van der Waals surface area contributed by atoms with Gasteiger partial charge in [0.1, 0.15) is 5.75 Å². The van der Waals surface area contributed by atoms with E-state index in [1.807, 2.05) is 24.3 Å². The third-order valence-corrected chi connectivity index (χ3v) is 2.49. The number of nitrogens with one attached hydrogen (secondary N) is 1. The topological polar surface area (TPSA) is 38.3 Å². The fourth-order valence-electron chi connectivity index (χ4n) is 1.71. The van der Waals surface area contributed by atoms with Gasteiger partial charge in [-0.15, -0.1) is 0 Å². The Kier molecular flexibility index (Phi) is 3.25. The number of fused-ring (bicyclic) bond motifs is 1. The SMILES string of the molecule is CC(=O)NCC=Cc1ccc2c(c1)CCO2. The maximum Gasteiger partial charge on any atom is 0.217 e. The van der Waals surface area contributed by atoms with Gasteiger partial charge < -0.3 is 10.1 Å². The van der Waals surface area contributed by atoms with Gasteiger partial charge in [0.25, 0.3) is 0 Å². The summed E-state index contributed by atoms with van der Waals surface area (Å²) in [5.41, 5.74) is 2.41. The van der Waals surface area contributed by atoms with Gasteiger partial charge in [0, 0.05) is 19.9 Å². The number of carbonyl (C=O) groups is 1. The summed E-state index contributed by atoms with van der Waals surface area (Å²) in [6.07, 6.45) is 4.94. The lowest BCUT2D eigenvalue weighted by Crippen LogP contribution is -2.19. The molecule has 1 heterocycles. The van der Waals surface area contributed by atoms with Crippen LogP contribution in [-0.2, 0) is 11.2 Å². The van der Waals surface area contributed by atoms with E-state index in [9.17, 15) is 4.79 Å². The van der Waals surface area contributed by atoms with Crippen LogP contribution in [0.5, 0.6) is 5.75 Å². The number of benzene rings is 1. The molecule has 0 spiro atoms. The van der Waals surface area contributed by atoms with E-state index < -0.39 is 0 Å². The van der Waals surface area contributed by atoms with Crippen molar-refractivity contribution in [3.8, 4) is 5.75 Å². The summed E-state index contributed by atoms with van der Waals surface area (Å²) in [6, 6.07) is 6.15. The van der Waals surface area contributed by atoms with Crippen molar-refractivity contribution in [1.29, 1.82) is 0 Å². The number of carbonyl (C=O) groups excluding carboxylic acids is 1. The Bertz CT molecular complexity index is 424. The normalized spacial score (nSPS) is 13.6. The van der Waals surface area contributed by atoms with E-state index in [0.29, 0.717) is 6.54 Å². The summed E-state index contributed by atoms with van der Waals surface area (Å²) in [5.74, 6) is 0.992. The molecule has 16 heavy (non-hydrogen) atoms. The van der Waals surface area contributed by atoms with Gasteiger partial charge in [0.2, 0.25) is 5.91 Å². The van der Waals surface area contributed by atoms with Crippen LogP contribution >= 0.6 is 0 Å². The Morgan fingerprint density at radius 1 is 1.56 bits per heavy atom. The van der Waals surface area contributed by atoms with Gasteiger partial charge in [-0.1, -0.05) is 18.2 Å². The molecule has 0 aliphatic carbocycles. The van der Waals surface area contributed by atoms with Crippen LogP contribution in [0, 0.1) is 0 Å². The van der Waals surface area contributed by atoms with E-state index in [-0.39, 0.29) is 5.91 Å². The molecule has 1 aromatic carbocycles. The summed E-state index contributed by atoms with van der Waals surface area (Å²) in [7, 11) is 0. The molecule has 0 saturated heterocycles. The van der Waals surface area contributed by atoms with Gasteiger partial charge in [-0.2, -0.15) is 0 Å². The molecule has 0 radical (unpaired) electrons. The predicted molar refractivity (Wildman–Crippen MR) is 63.4 cm³/mol. The van der Waals surface area contributed by atoms with Gasteiger partial charge in [-0.3, -0.25) is 4.79 Å². The van der Waals surface area contributed by atoms with Crippen LogP contribution in [0.1, 0.15) is 18.1 Å². The van der Waals surface area contributed by atoms with Crippen molar-refractivity contribution in [2.24, 2.45) is 0 Å². The first kappa shape index (κ1) is 10.7.